The smallest absolute Gasteiger partial charge is 0.327 e. The van der Waals surface area contributed by atoms with E-state index in [-0.39, 0.29) is 11.5 Å². The first-order valence-corrected chi connectivity index (χ1v) is 9.13. The zero-order chi connectivity index (χ0) is 19.7. The molecule has 0 atom stereocenters. The van der Waals surface area contributed by atoms with Gasteiger partial charge in [-0.1, -0.05) is 12.1 Å². The number of rotatable bonds is 3. The van der Waals surface area contributed by atoms with Crippen LogP contribution in [0, 0.1) is 0 Å². The maximum atomic E-state index is 12.9. The van der Waals surface area contributed by atoms with E-state index < -0.39 is 11.7 Å². The van der Waals surface area contributed by atoms with Gasteiger partial charge in [-0.15, -0.1) is 0 Å². The van der Waals surface area contributed by atoms with Crippen LogP contribution in [0.15, 0.2) is 54.9 Å². The lowest BCUT2D eigenvalue weighted by atomic mass is 10.1. The van der Waals surface area contributed by atoms with Gasteiger partial charge in [0.2, 0.25) is 0 Å². The molecule has 3 heterocycles. The maximum absolute atomic E-state index is 12.9. The molecule has 8 heteroatoms. The van der Waals surface area contributed by atoms with Crippen molar-refractivity contribution in [2.45, 2.75) is 12.7 Å². The van der Waals surface area contributed by atoms with Crippen molar-refractivity contribution in [1.82, 2.24) is 14.3 Å². The topological polar surface area (TPSA) is 42.1 Å². The largest absolute Gasteiger partial charge is 0.416 e. The molecule has 1 aliphatic heterocycles. The van der Waals surface area contributed by atoms with Gasteiger partial charge < -0.3 is 14.2 Å². The molecule has 1 saturated heterocycles. The van der Waals surface area contributed by atoms with Crippen LogP contribution in [0.4, 0.5) is 13.2 Å². The number of alkyl halides is 3. The molecule has 28 heavy (non-hydrogen) atoms. The van der Waals surface area contributed by atoms with Gasteiger partial charge in [0.15, 0.2) is 0 Å². The van der Waals surface area contributed by atoms with E-state index in [1.807, 2.05) is 35.0 Å². The number of hydrogen-bond acceptors (Lipinski definition) is 2. The number of carbonyl (C=O) groups excluding carboxylic acids is 1. The molecule has 0 spiro atoms. The van der Waals surface area contributed by atoms with E-state index in [0.29, 0.717) is 13.1 Å². The van der Waals surface area contributed by atoms with Crippen molar-refractivity contribution in [2.24, 2.45) is 0 Å². The summed E-state index contributed by atoms with van der Waals surface area (Å²) in [6.45, 7) is 3.25. The fourth-order valence-electron chi connectivity index (χ4n) is 3.54. The number of nitrogens with one attached hydrogen (secondary N) is 1. The lowest BCUT2D eigenvalue weighted by molar-refractivity contribution is -0.917. The number of pyridine rings is 1. The third-order valence-corrected chi connectivity index (χ3v) is 5.04. The first kappa shape index (κ1) is 18.5. The summed E-state index contributed by atoms with van der Waals surface area (Å²) in [5.74, 6) is -0.349. The second-order valence-corrected chi connectivity index (χ2v) is 7.00. The Balaban J connectivity index is 1.38. The van der Waals surface area contributed by atoms with E-state index in [0.717, 1.165) is 43.1 Å². The predicted molar refractivity (Wildman–Crippen MR) is 96.9 cm³/mol. The van der Waals surface area contributed by atoms with Crippen molar-refractivity contribution >= 4 is 11.6 Å². The van der Waals surface area contributed by atoms with Crippen LogP contribution in [-0.2, 0) is 12.7 Å². The van der Waals surface area contributed by atoms with Crippen molar-refractivity contribution in [1.29, 1.82) is 0 Å². The van der Waals surface area contributed by atoms with Crippen LogP contribution in [0.3, 0.4) is 0 Å². The molecule has 1 aliphatic rings. The zero-order valence-electron chi connectivity index (χ0n) is 15.1. The van der Waals surface area contributed by atoms with Crippen LogP contribution in [0.2, 0.25) is 0 Å². The predicted octanol–water partition coefficient (Wildman–Crippen LogP) is 1.89. The van der Waals surface area contributed by atoms with Gasteiger partial charge in [-0.25, -0.2) is 4.98 Å². The third kappa shape index (κ3) is 3.87. The SMILES string of the molecule is O=C(c1cccc(C(F)(F)F)c1)N1CC[NH+](Cc2cn3ccccc3n2)CC1. The standard InChI is InChI=1S/C20H19F3N4O/c21-20(22,23)16-5-3-4-15(12-16)19(28)26-10-8-25(9-11-26)13-17-14-27-7-2-1-6-18(27)24-17/h1-7,12,14H,8-11,13H2/p+1. The summed E-state index contributed by atoms with van der Waals surface area (Å²) in [4.78, 5) is 20.1. The fraction of sp³-hybridized carbons (Fsp3) is 0.300. The highest BCUT2D eigenvalue weighted by Crippen LogP contribution is 2.29. The van der Waals surface area contributed by atoms with Crippen LogP contribution in [-0.4, -0.2) is 46.4 Å². The number of hydrogen-bond donors (Lipinski definition) is 1. The molecule has 0 aliphatic carbocycles. The molecule has 0 unspecified atom stereocenters. The maximum Gasteiger partial charge on any atom is 0.416 e. The minimum Gasteiger partial charge on any atom is -0.327 e. The molecule has 2 aromatic heterocycles. The van der Waals surface area contributed by atoms with E-state index >= 15 is 0 Å². The zero-order valence-corrected chi connectivity index (χ0v) is 15.1. The average Bonchev–Trinajstić information content (AvgIpc) is 3.10. The Bertz CT molecular complexity index is 957. The lowest BCUT2D eigenvalue weighted by Gasteiger charge is -2.32. The van der Waals surface area contributed by atoms with Crippen molar-refractivity contribution in [2.75, 3.05) is 26.2 Å². The Morgan fingerprint density at radius 1 is 1.11 bits per heavy atom. The Morgan fingerprint density at radius 3 is 2.61 bits per heavy atom. The summed E-state index contributed by atoms with van der Waals surface area (Å²) >= 11 is 0. The monoisotopic (exact) mass is 389 g/mol. The number of piperazine rings is 1. The highest BCUT2D eigenvalue weighted by molar-refractivity contribution is 5.94. The molecule has 3 aromatic rings. The number of imidazole rings is 1. The van der Waals surface area contributed by atoms with Crippen LogP contribution in [0.25, 0.3) is 5.65 Å². The number of aromatic nitrogens is 2. The lowest BCUT2D eigenvalue weighted by Crippen LogP contribution is -3.13. The summed E-state index contributed by atoms with van der Waals surface area (Å²) in [5.41, 5.74) is 1.17. The first-order chi connectivity index (χ1) is 13.4. The molecule has 5 nitrogen and oxygen atoms in total. The molecule has 1 amide bonds. The highest BCUT2D eigenvalue weighted by Gasteiger charge is 2.32. The number of halogens is 3. The molecule has 4 rings (SSSR count). The van der Waals surface area contributed by atoms with Gasteiger partial charge in [-0.2, -0.15) is 13.2 Å². The Labute approximate surface area is 160 Å². The summed E-state index contributed by atoms with van der Waals surface area (Å²) in [6.07, 6.45) is -0.497. The Morgan fingerprint density at radius 2 is 1.89 bits per heavy atom. The third-order valence-electron chi connectivity index (χ3n) is 5.04. The molecule has 1 fully saturated rings. The normalized spacial score (nSPS) is 15.9. The van der Waals surface area contributed by atoms with Gasteiger partial charge in [0.25, 0.3) is 5.91 Å². The average molecular weight is 389 g/mol. The Hall–Kier alpha value is -2.87. The summed E-state index contributed by atoms with van der Waals surface area (Å²) in [7, 11) is 0. The Kier molecular flexibility index (Phi) is 4.80. The number of quaternary nitrogens is 1. The summed E-state index contributed by atoms with van der Waals surface area (Å²) in [5, 5.41) is 0. The van der Waals surface area contributed by atoms with Crippen molar-refractivity contribution in [3.05, 3.63) is 71.7 Å². The molecule has 146 valence electrons. The van der Waals surface area contributed by atoms with E-state index in [4.69, 9.17) is 0 Å². The van der Waals surface area contributed by atoms with Crippen LogP contribution >= 0.6 is 0 Å². The van der Waals surface area contributed by atoms with E-state index in [9.17, 15) is 18.0 Å². The van der Waals surface area contributed by atoms with Crippen molar-refractivity contribution < 1.29 is 22.9 Å². The summed E-state index contributed by atoms with van der Waals surface area (Å²) in [6, 6.07) is 10.5. The van der Waals surface area contributed by atoms with Gasteiger partial charge in [0, 0.05) is 18.0 Å². The second kappa shape index (κ2) is 7.27. The van der Waals surface area contributed by atoms with E-state index in [2.05, 4.69) is 4.98 Å². The number of carbonyl (C=O) groups is 1. The molecular weight excluding hydrogens is 369 g/mol. The summed E-state index contributed by atoms with van der Waals surface area (Å²) < 4.78 is 40.6. The fourth-order valence-corrected chi connectivity index (χ4v) is 3.54. The molecule has 0 saturated carbocycles. The van der Waals surface area contributed by atoms with Crippen LogP contribution in [0.1, 0.15) is 21.6 Å². The van der Waals surface area contributed by atoms with Gasteiger partial charge in [0.1, 0.15) is 17.9 Å². The minimum atomic E-state index is -4.45. The van der Waals surface area contributed by atoms with Crippen LogP contribution in [0.5, 0.6) is 0 Å². The van der Waals surface area contributed by atoms with Gasteiger partial charge in [-0.3, -0.25) is 4.79 Å². The highest BCUT2D eigenvalue weighted by atomic mass is 19.4. The van der Waals surface area contributed by atoms with E-state index in [1.54, 1.807) is 4.90 Å². The quantitative estimate of drug-likeness (QED) is 0.744. The number of nitrogens with zero attached hydrogens (tertiary/aromatic N) is 3. The van der Waals surface area contributed by atoms with Gasteiger partial charge >= 0.3 is 6.18 Å². The molecule has 0 radical (unpaired) electrons. The number of fused-ring (bicyclic) bond motifs is 1. The molecule has 0 bridgehead atoms. The molecule has 1 N–H and O–H groups in total. The van der Waals surface area contributed by atoms with E-state index in [1.165, 1.54) is 17.0 Å². The first-order valence-electron chi connectivity index (χ1n) is 9.13. The van der Waals surface area contributed by atoms with Gasteiger partial charge in [-0.05, 0) is 30.3 Å². The molecule has 1 aromatic carbocycles. The van der Waals surface area contributed by atoms with Gasteiger partial charge in [0.05, 0.1) is 31.7 Å². The van der Waals surface area contributed by atoms with Crippen molar-refractivity contribution in [3.63, 3.8) is 0 Å². The molecular formula is C20H20F3N4O+. The van der Waals surface area contributed by atoms with Crippen molar-refractivity contribution in [3.8, 4) is 0 Å². The second-order valence-electron chi connectivity index (χ2n) is 7.00. The minimum absolute atomic E-state index is 0.0821. The number of benzene rings is 1. The van der Waals surface area contributed by atoms with Crippen LogP contribution < -0.4 is 4.90 Å². The number of amides is 1.